The van der Waals surface area contributed by atoms with Crippen molar-refractivity contribution in [3.8, 4) is 0 Å². The molecule has 1 fully saturated rings. The number of para-hydroxylation sites is 1. The molecule has 0 aliphatic carbocycles. The third-order valence-corrected chi connectivity index (χ3v) is 4.07. The number of carbonyl (C=O) groups excluding carboxylic acids is 2. The second-order valence-corrected chi connectivity index (χ2v) is 5.95. The molecule has 0 spiro atoms. The van der Waals surface area contributed by atoms with E-state index in [0.717, 1.165) is 36.9 Å². The van der Waals surface area contributed by atoms with Gasteiger partial charge in [0.25, 0.3) is 0 Å². The van der Waals surface area contributed by atoms with Crippen molar-refractivity contribution in [2.75, 3.05) is 50.7 Å². The maximum absolute atomic E-state index is 11.9. The van der Waals surface area contributed by atoms with Crippen LogP contribution < -0.4 is 15.5 Å². The summed E-state index contributed by atoms with van der Waals surface area (Å²) < 4.78 is 0. The van der Waals surface area contributed by atoms with Crippen LogP contribution in [-0.4, -0.2) is 62.5 Å². The highest BCUT2D eigenvalue weighted by atomic mass is 35.5. The van der Waals surface area contributed by atoms with Crippen LogP contribution in [0.15, 0.2) is 24.3 Å². The van der Waals surface area contributed by atoms with Gasteiger partial charge < -0.3 is 15.5 Å². The van der Waals surface area contributed by atoms with Crippen LogP contribution in [0.4, 0.5) is 5.69 Å². The van der Waals surface area contributed by atoms with Crippen molar-refractivity contribution in [1.29, 1.82) is 0 Å². The first-order chi connectivity index (χ1) is 11.1. The van der Waals surface area contributed by atoms with Gasteiger partial charge in [-0.1, -0.05) is 23.7 Å². The molecular formula is C16H23ClN4O2. The van der Waals surface area contributed by atoms with Crippen LogP contribution >= 0.6 is 11.6 Å². The first-order valence-electron chi connectivity index (χ1n) is 7.79. The van der Waals surface area contributed by atoms with Gasteiger partial charge in [-0.3, -0.25) is 14.5 Å². The van der Waals surface area contributed by atoms with Crippen molar-refractivity contribution in [3.63, 3.8) is 0 Å². The second kappa shape index (κ2) is 8.74. The molecule has 126 valence electrons. The van der Waals surface area contributed by atoms with Crippen LogP contribution in [0.25, 0.3) is 0 Å². The lowest BCUT2D eigenvalue weighted by atomic mass is 10.2. The fraction of sp³-hybridized carbons (Fsp3) is 0.500. The Labute approximate surface area is 141 Å². The minimum absolute atomic E-state index is 0.0125. The molecule has 6 nitrogen and oxygen atoms in total. The Balaban J connectivity index is 1.69. The van der Waals surface area contributed by atoms with Crippen LogP contribution in [0.5, 0.6) is 0 Å². The van der Waals surface area contributed by atoms with Crippen molar-refractivity contribution in [2.45, 2.75) is 6.92 Å². The van der Waals surface area contributed by atoms with Gasteiger partial charge in [0.05, 0.1) is 17.3 Å². The Bertz CT molecular complexity index is 545. The van der Waals surface area contributed by atoms with E-state index < -0.39 is 0 Å². The number of nitrogens with one attached hydrogen (secondary N) is 2. The number of hydrogen-bond donors (Lipinski definition) is 2. The maximum Gasteiger partial charge on any atom is 0.234 e. The van der Waals surface area contributed by atoms with E-state index in [0.29, 0.717) is 19.6 Å². The van der Waals surface area contributed by atoms with Crippen molar-refractivity contribution >= 4 is 29.1 Å². The van der Waals surface area contributed by atoms with Gasteiger partial charge in [-0.25, -0.2) is 0 Å². The van der Waals surface area contributed by atoms with E-state index in [1.54, 1.807) is 0 Å². The zero-order valence-electron chi connectivity index (χ0n) is 13.3. The lowest BCUT2D eigenvalue weighted by molar-refractivity contribution is -0.123. The van der Waals surface area contributed by atoms with Gasteiger partial charge >= 0.3 is 0 Å². The van der Waals surface area contributed by atoms with E-state index in [1.807, 2.05) is 24.3 Å². The lowest BCUT2D eigenvalue weighted by Crippen LogP contribution is -2.50. The highest BCUT2D eigenvalue weighted by Crippen LogP contribution is 2.25. The Kier molecular flexibility index (Phi) is 6.67. The van der Waals surface area contributed by atoms with Crippen LogP contribution in [0.3, 0.4) is 0 Å². The smallest absolute Gasteiger partial charge is 0.234 e. The van der Waals surface area contributed by atoms with Crippen molar-refractivity contribution in [3.05, 3.63) is 29.3 Å². The number of rotatable bonds is 6. The number of piperazine rings is 1. The molecule has 2 rings (SSSR count). The molecule has 1 aromatic rings. The van der Waals surface area contributed by atoms with Crippen LogP contribution in [0.1, 0.15) is 6.92 Å². The average Bonchev–Trinajstić information content (AvgIpc) is 2.53. The van der Waals surface area contributed by atoms with Crippen molar-refractivity contribution in [2.24, 2.45) is 0 Å². The molecule has 7 heteroatoms. The molecule has 23 heavy (non-hydrogen) atoms. The monoisotopic (exact) mass is 338 g/mol. The minimum atomic E-state index is -0.0880. The molecule has 0 atom stereocenters. The van der Waals surface area contributed by atoms with Crippen molar-refractivity contribution < 1.29 is 9.59 Å². The number of benzene rings is 1. The standard InChI is InChI=1S/C16H23ClN4O2/c1-13(22)18-6-7-19-16(23)12-20-8-10-21(11-9-20)15-5-3-2-4-14(15)17/h2-5H,6-12H2,1H3,(H,18,22)(H,19,23). The molecule has 1 heterocycles. The van der Waals surface area contributed by atoms with E-state index in [1.165, 1.54) is 6.92 Å². The molecule has 1 aliphatic heterocycles. The number of hydrogen-bond acceptors (Lipinski definition) is 4. The highest BCUT2D eigenvalue weighted by molar-refractivity contribution is 6.33. The van der Waals surface area contributed by atoms with Gasteiger partial charge in [-0.15, -0.1) is 0 Å². The fourth-order valence-electron chi connectivity index (χ4n) is 2.55. The predicted octanol–water partition coefficient (Wildman–Crippen LogP) is 0.714. The summed E-state index contributed by atoms with van der Waals surface area (Å²) in [5.41, 5.74) is 1.05. The van der Waals surface area contributed by atoms with Crippen LogP contribution in [0.2, 0.25) is 5.02 Å². The van der Waals surface area contributed by atoms with Gasteiger partial charge in [0.2, 0.25) is 11.8 Å². The fourth-order valence-corrected chi connectivity index (χ4v) is 2.81. The Morgan fingerprint density at radius 2 is 1.74 bits per heavy atom. The van der Waals surface area contributed by atoms with Gasteiger partial charge in [-0.05, 0) is 12.1 Å². The molecule has 0 unspecified atom stereocenters. The summed E-state index contributed by atoms with van der Waals surface area (Å²) >= 11 is 6.22. The molecule has 0 saturated carbocycles. The van der Waals surface area contributed by atoms with Crippen molar-refractivity contribution in [1.82, 2.24) is 15.5 Å². The molecule has 0 radical (unpaired) electrons. The predicted molar refractivity (Wildman–Crippen MR) is 91.8 cm³/mol. The van der Waals surface area contributed by atoms with E-state index >= 15 is 0 Å². The Morgan fingerprint density at radius 1 is 1.09 bits per heavy atom. The molecule has 1 aromatic carbocycles. The zero-order valence-corrected chi connectivity index (χ0v) is 14.1. The molecule has 2 N–H and O–H groups in total. The van der Waals surface area contributed by atoms with Gasteiger partial charge in [0.1, 0.15) is 0 Å². The summed E-state index contributed by atoms with van der Waals surface area (Å²) in [5, 5.41) is 6.22. The molecule has 1 aliphatic rings. The molecule has 0 bridgehead atoms. The second-order valence-electron chi connectivity index (χ2n) is 5.55. The Hall–Kier alpha value is -1.79. The number of anilines is 1. The topological polar surface area (TPSA) is 64.7 Å². The van der Waals surface area contributed by atoms with Gasteiger partial charge in [0.15, 0.2) is 0 Å². The number of halogens is 1. The quantitative estimate of drug-likeness (QED) is 0.750. The largest absolute Gasteiger partial charge is 0.368 e. The lowest BCUT2D eigenvalue weighted by Gasteiger charge is -2.36. The minimum Gasteiger partial charge on any atom is -0.368 e. The summed E-state index contributed by atoms with van der Waals surface area (Å²) in [6.45, 7) is 6.11. The summed E-state index contributed by atoms with van der Waals surface area (Å²) in [6.07, 6.45) is 0. The van der Waals surface area contributed by atoms with E-state index in [9.17, 15) is 9.59 Å². The number of nitrogens with zero attached hydrogens (tertiary/aromatic N) is 2. The van der Waals surface area contributed by atoms with Gasteiger partial charge in [0, 0.05) is 46.2 Å². The maximum atomic E-state index is 11.9. The Morgan fingerprint density at radius 3 is 2.39 bits per heavy atom. The van der Waals surface area contributed by atoms with E-state index in [4.69, 9.17) is 11.6 Å². The summed E-state index contributed by atoms with van der Waals surface area (Å²) in [4.78, 5) is 27.0. The SMILES string of the molecule is CC(=O)NCCNC(=O)CN1CCN(c2ccccc2Cl)CC1. The highest BCUT2D eigenvalue weighted by Gasteiger charge is 2.20. The number of carbonyl (C=O) groups is 2. The molecule has 0 aromatic heterocycles. The number of amides is 2. The molecular weight excluding hydrogens is 316 g/mol. The zero-order chi connectivity index (χ0) is 16.7. The average molecular weight is 339 g/mol. The van der Waals surface area contributed by atoms with Gasteiger partial charge in [-0.2, -0.15) is 0 Å². The van der Waals surface area contributed by atoms with Crippen LogP contribution in [-0.2, 0) is 9.59 Å². The first-order valence-corrected chi connectivity index (χ1v) is 8.17. The first kappa shape index (κ1) is 17.6. The van der Waals surface area contributed by atoms with E-state index in [2.05, 4.69) is 20.4 Å². The summed E-state index contributed by atoms with van der Waals surface area (Å²) in [6, 6.07) is 7.82. The summed E-state index contributed by atoms with van der Waals surface area (Å²) in [7, 11) is 0. The third-order valence-electron chi connectivity index (χ3n) is 3.75. The normalized spacial score (nSPS) is 15.3. The van der Waals surface area contributed by atoms with Crippen LogP contribution in [0, 0.1) is 0 Å². The molecule has 1 saturated heterocycles. The van der Waals surface area contributed by atoms with E-state index in [-0.39, 0.29) is 11.8 Å². The summed E-state index contributed by atoms with van der Waals surface area (Å²) in [5.74, 6) is -0.100. The molecule has 2 amide bonds. The third kappa shape index (κ3) is 5.73.